The Morgan fingerprint density at radius 1 is 1.03 bits per heavy atom. The molecular weight excluding hydrogens is 474 g/mol. The smallest absolute Gasteiger partial charge is 0.290 e. The Balaban J connectivity index is 0.000000693. The Bertz CT molecular complexity index is 814. The maximum atomic E-state index is 12.6. The van der Waals surface area contributed by atoms with Crippen molar-refractivity contribution in [1.29, 1.82) is 0 Å². The van der Waals surface area contributed by atoms with Crippen molar-refractivity contribution >= 4 is 18.9 Å². The average Bonchev–Trinajstić information content (AvgIpc) is 3.05. The second-order valence-electron chi connectivity index (χ2n) is 8.53. The van der Waals surface area contributed by atoms with Crippen LogP contribution in [-0.2, 0) is 30.4 Å². The highest BCUT2D eigenvalue weighted by atomic mass is 16.5. The molecule has 3 aliphatic rings. The van der Waals surface area contributed by atoms with E-state index in [1.165, 1.54) is 0 Å². The third kappa shape index (κ3) is 8.94. The highest BCUT2D eigenvalue weighted by Gasteiger charge is 2.37. The number of amides is 1. The molecule has 0 spiro atoms. The monoisotopic (exact) mass is 511 g/mol. The van der Waals surface area contributed by atoms with E-state index in [2.05, 4.69) is 21.9 Å². The maximum absolute atomic E-state index is 12.6. The number of rotatable bonds is 7. The predicted molar refractivity (Wildman–Crippen MR) is 129 cm³/mol. The SMILES string of the molecule is COc1ccc(CN2C[C@@H]3COC[C@H](C2)N(C)C3=O)cc1OCCN1CCOCC1.O=CO.O=CO. The molecule has 2 N–H and O–H groups in total. The van der Waals surface area contributed by atoms with Gasteiger partial charge in [0.05, 0.1) is 45.5 Å². The number of likely N-dealkylation sites (N-methyl/N-ethyl adjacent to an activating group) is 1. The van der Waals surface area contributed by atoms with Crippen LogP contribution >= 0.6 is 0 Å². The van der Waals surface area contributed by atoms with E-state index >= 15 is 0 Å². The summed E-state index contributed by atoms with van der Waals surface area (Å²) >= 11 is 0. The summed E-state index contributed by atoms with van der Waals surface area (Å²) in [5.41, 5.74) is 1.16. The fourth-order valence-corrected chi connectivity index (χ4v) is 4.42. The summed E-state index contributed by atoms with van der Waals surface area (Å²) in [5.74, 6) is 1.62. The number of ether oxygens (including phenoxy) is 4. The van der Waals surface area contributed by atoms with Crippen molar-refractivity contribution in [2.75, 3.05) is 79.9 Å². The van der Waals surface area contributed by atoms with Crippen LogP contribution in [0.25, 0.3) is 0 Å². The number of hydrogen-bond acceptors (Lipinski definition) is 9. The average molecular weight is 512 g/mol. The van der Waals surface area contributed by atoms with Gasteiger partial charge in [0.2, 0.25) is 5.91 Å². The number of carbonyl (C=O) groups excluding carboxylic acids is 1. The standard InChI is InChI=1S/C22H33N3O5.2CH2O2/c1-23-19-14-25(13-18(22(23)26)15-29-16-19)12-17-3-4-20(27-2)21(11-17)30-10-7-24-5-8-28-9-6-24;2*2-1-3/h3-4,11,18-19H,5-10,12-16H2,1-2H3;2*1H,(H,2,3)/t18-,19+;;/m1../s1. The molecule has 202 valence electrons. The third-order valence-electron chi connectivity index (χ3n) is 6.22. The Morgan fingerprint density at radius 2 is 1.72 bits per heavy atom. The molecule has 3 saturated heterocycles. The lowest BCUT2D eigenvalue weighted by Crippen LogP contribution is -2.42. The van der Waals surface area contributed by atoms with Crippen molar-refractivity contribution in [3.8, 4) is 11.5 Å². The Hall–Kier alpha value is -2.93. The molecule has 2 bridgehead atoms. The summed E-state index contributed by atoms with van der Waals surface area (Å²) in [4.78, 5) is 35.9. The van der Waals surface area contributed by atoms with Gasteiger partial charge in [0.25, 0.3) is 12.9 Å². The number of morpholine rings is 1. The highest BCUT2D eigenvalue weighted by Crippen LogP contribution is 2.29. The molecule has 3 fully saturated rings. The van der Waals surface area contributed by atoms with Crippen molar-refractivity contribution in [2.45, 2.75) is 12.6 Å². The molecule has 1 aromatic carbocycles. The van der Waals surface area contributed by atoms with E-state index in [-0.39, 0.29) is 30.8 Å². The molecule has 3 aliphatic heterocycles. The first-order valence-corrected chi connectivity index (χ1v) is 11.8. The van der Waals surface area contributed by atoms with Crippen LogP contribution in [0.3, 0.4) is 0 Å². The maximum Gasteiger partial charge on any atom is 0.290 e. The van der Waals surface area contributed by atoms with Gasteiger partial charge >= 0.3 is 0 Å². The van der Waals surface area contributed by atoms with Crippen LogP contribution in [0.1, 0.15) is 5.56 Å². The molecule has 3 heterocycles. The first-order chi connectivity index (χ1) is 17.5. The minimum Gasteiger partial charge on any atom is -0.493 e. The predicted octanol–water partition coefficient (Wildman–Crippen LogP) is 0.0968. The zero-order chi connectivity index (χ0) is 26.3. The van der Waals surface area contributed by atoms with Crippen LogP contribution in [0.5, 0.6) is 11.5 Å². The first kappa shape index (κ1) is 29.3. The van der Waals surface area contributed by atoms with Crippen molar-refractivity contribution < 1.29 is 43.5 Å². The summed E-state index contributed by atoms with van der Waals surface area (Å²) in [6, 6.07) is 6.22. The number of carboxylic acid groups (broad SMARTS) is 2. The lowest BCUT2D eigenvalue weighted by atomic mass is 10.1. The second-order valence-corrected chi connectivity index (χ2v) is 8.53. The van der Waals surface area contributed by atoms with Gasteiger partial charge < -0.3 is 34.1 Å². The summed E-state index contributed by atoms with van der Waals surface area (Å²) in [5, 5.41) is 13.8. The molecular formula is C24H37N3O9. The summed E-state index contributed by atoms with van der Waals surface area (Å²) in [7, 11) is 3.56. The lowest BCUT2D eigenvalue weighted by molar-refractivity contribution is -0.134. The van der Waals surface area contributed by atoms with E-state index in [0.717, 1.165) is 69.5 Å². The fourth-order valence-electron chi connectivity index (χ4n) is 4.42. The fraction of sp³-hybridized carbons (Fsp3) is 0.625. The van der Waals surface area contributed by atoms with Gasteiger partial charge in [-0.3, -0.25) is 24.2 Å². The summed E-state index contributed by atoms with van der Waals surface area (Å²) < 4.78 is 22.7. The number of hydrogen-bond donors (Lipinski definition) is 2. The Morgan fingerprint density at radius 3 is 2.39 bits per heavy atom. The molecule has 12 nitrogen and oxygen atoms in total. The van der Waals surface area contributed by atoms with E-state index in [9.17, 15) is 4.79 Å². The Labute approximate surface area is 211 Å². The largest absolute Gasteiger partial charge is 0.493 e. The van der Waals surface area contributed by atoms with Gasteiger partial charge in [0.1, 0.15) is 6.61 Å². The number of benzene rings is 1. The number of methoxy groups -OCH3 is 1. The van der Waals surface area contributed by atoms with Crippen molar-refractivity contribution in [3.63, 3.8) is 0 Å². The molecule has 0 saturated carbocycles. The zero-order valence-electron chi connectivity index (χ0n) is 20.9. The van der Waals surface area contributed by atoms with Crippen LogP contribution in [0.4, 0.5) is 0 Å². The van der Waals surface area contributed by atoms with E-state index in [1.807, 2.05) is 18.0 Å². The molecule has 12 heteroatoms. The molecule has 1 amide bonds. The number of nitrogens with zero attached hydrogens (tertiary/aromatic N) is 3. The van der Waals surface area contributed by atoms with Gasteiger partial charge in [-0.1, -0.05) is 6.07 Å². The summed E-state index contributed by atoms with van der Waals surface area (Å²) in [6.45, 7) is 7.91. The van der Waals surface area contributed by atoms with Gasteiger partial charge in [0.15, 0.2) is 11.5 Å². The highest BCUT2D eigenvalue weighted by molar-refractivity contribution is 5.80. The van der Waals surface area contributed by atoms with E-state index in [0.29, 0.717) is 19.8 Å². The third-order valence-corrected chi connectivity index (χ3v) is 6.22. The minimum absolute atomic E-state index is 0.0926. The van der Waals surface area contributed by atoms with Gasteiger partial charge in [0, 0.05) is 46.3 Å². The normalized spacial score (nSPS) is 22.2. The van der Waals surface area contributed by atoms with Gasteiger partial charge in [-0.05, 0) is 17.7 Å². The van der Waals surface area contributed by atoms with E-state index < -0.39 is 0 Å². The molecule has 0 radical (unpaired) electrons. The van der Waals surface area contributed by atoms with Gasteiger partial charge in [-0.2, -0.15) is 0 Å². The van der Waals surface area contributed by atoms with E-state index in [4.69, 9.17) is 38.7 Å². The number of carbonyl (C=O) groups is 3. The van der Waals surface area contributed by atoms with Crippen LogP contribution in [0.2, 0.25) is 0 Å². The molecule has 4 rings (SSSR count). The van der Waals surface area contributed by atoms with Gasteiger partial charge in [-0.25, -0.2) is 0 Å². The van der Waals surface area contributed by atoms with Crippen LogP contribution < -0.4 is 9.47 Å². The van der Waals surface area contributed by atoms with Crippen molar-refractivity contribution in [1.82, 2.24) is 14.7 Å². The molecule has 0 aliphatic carbocycles. The van der Waals surface area contributed by atoms with Crippen molar-refractivity contribution in [3.05, 3.63) is 23.8 Å². The topological polar surface area (TPSA) is 138 Å². The first-order valence-electron chi connectivity index (χ1n) is 11.8. The summed E-state index contributed by atoms with van der Waals surface area (Å²) in [6.07, 6.45) is 0. The van der Waals surface area contributed by atoms with Crippen molar-refractivity contribution in [2.24, 2.45) is 5.92 Å². The quantitative estimate of drug-likeness (QED) is 0.482. The van der Waals surface area contributed by atoms with Gasteiger partial charge in [-0.15, -0.1) is 0 Å². The molecule has 1 aromatic rings. The minimum atomic E-state index is -0.250. The lowest BCUT2D eigenvalue weighted by Gasteiger charge is -2.29. The molecule has 2 atom stereocenters. The zero-order valence-corrected chi connectivity index (χ0v) is 20.9. The number of fused-ring (bicyclic) bond motifs is 3. The molecule has 36 heavy (non-hydrogen) atoms. The van der Waals surface area contributed by atoms with Crippen LogP contribution in [0, 0.1) is 5.92 Å². The van der Waals surface area contributed by atoms with Crippen LogP contribution in [-0.4, -0.2) is 130 Å². The molecule has 0 aromatic heterocycles. The van der Waals surface area contributed by atoms with E-state index in [1.54, 1.807) is 7.11 Å². The van der Waals surface area contributed by atoms with Crippen LogP contribution in [0.15, 0.2) is 18.2 Å². The second kappa shape index (κ2) is 15.9. The Kier molecular flexibility index (Phi) is 13.0. The molecule has 0 unspecified atom stereocenters.